The summed E-state index contributed by atoms with van der Waals surface area (Å²) in [7, 11) is 0. The highest BCUT2D eigenvalue weighted by atomic mass is 35.5. The van der Waals surface area contributed by atoms with Crippen molar-refractivity contribution in [3.63, 3.8) is 0 Å². The first kappa shape index (κ1) is 31.9. The molecule has 4 heterocycles. The van der Waals surface area contributed by atoms with E-state index < -0.39 is 46.7 Å². The van der Waals surface area contributed by atoms with E-state index in [9.17, 15) is 34.5 Å². The molecule has 2 aromatic heterocycles. The van der Waals surface area contributed by atoms with E-state index in [1.165, 1.54) is 36.2 Å². The van der Waals surface area contributed by atoms with Crippen molar-refractivity contribution in [1.29, 1.82) is 0 Å². The molecule has 2 aliphatic rings. The van der Waals surface area contributed by atoms with Crippen LogP contribution in [0, 0.1) is 0 Å². The zero-order valence-corrected chi connectivity index (χ0v) is 25.8. The van der Waals surface area contributed by atoms with Crippen LogP contribution in [0.25, 0.3) is 11.3 Å². The molecule has 5 rings (SSSR count). The van der Waals surface area contributed by atoms with Crippen LogP contribution >= 0.6 is 46.3 Å². The van der Waals surface area contributed by atoms with E-state index in [1.54, 1.807) is 0 Å². The number of thioether (sulfide) groups is 1. The number of halogens is 2. The maximum Gasteiger partial charge on any atom is 0.352 e. The molecule has 0 saturated carbocycles. The molecule has 0 aliphatic carbocycles. The first-order valence-electron chi connectivity index (χ1n) is 12.5. The van der Waals surface area contributed by atoms with Gasteiger partial charge in [-0.15, -0.1) is 23.1 Å². The molecule has 2 aliphatic heterocycles. The minimum atomic E-state index is -1.38. The van der Waals surface area contributed by atoms with Crippen molar-refractivity contribution < 1.29 is 48.6 Å². The molecule has 45 heavy (non-hydrogen) atoms. The second-order valence-electron chi connectivity index (χ2n) is 9.28. The molecule has 2 amide bonds. The smallest absolute Gasteiger partial charge is 0.352 e. The highest BCUT2D eigenvalue weighted by molar-refractivity contribution is 8.00. The minimum Gasteiger partial charge on any atom is -0.503 e. The molecule has 3 aromatic rings. The predicted octanol–water partition coefficient (Wildman–Crippen LogP) is 2.32. The summed E-state index contributed by atoms with van der Waals surface area (Å²) in [6.45, 7) is 0.547. The van der Waals surface area contributed by atoms with Gasteiger partial charge in [-0.1, -0.05) is 33.5 Å². The van der Waals surface area contributed by atoms with E-state index in [4.69, 9.17) is 43.0 Å². The number of carbonyl (C=O) groups excluding carboxylic acids is 3. The Hall–Kier alpha value is -4.52. The number of nitrogens with two attached hydrogens (primary N) is 1. The lowest BCUT2D eigenvalue weighted by molar-refractivity contribution is -0.150. The van der Waals surface area contributed by atoms with Gasteiger partial charge in [0.2, 0.25) is 0 Å². The molecule has 1 fully saturated rings. The maximum absolute atomic E-state index is 13.3. The van der Waals surface area contributed by atoms with Gasteiger partial charge in [-0.25, -0.2) is 9.78 Å². The number of aromatic nitrogens is 2. The van der Waals surface area contributed by atoms with Crippen molar-refractivity contribution in [3.8, 4) is 22.8 Å². The van der Waals surface area contributed by atoms with Crippen molar-refractivity contribution in [2.75, 3.05) is 18.1 Å². The fourth-order valence-electron chi connectivity index (χ4n) is 4.25. The number of hydrogen-bond acceptors (Lipinski definition) is 15. The summed E-state index contributed by atoms with van der Waals surface area (Å²) in [5.74, 6) is -4.50. The molecule has 236 valence electrons. The van der Waals surface area contributed by atoms with Crippen molar-refractivity contribution in [2.24, 2.45) is 5.16 Å². The number of benzene rings is 1. The summed E-state index contributed by atoms with van der Waals surface area (Å²) < 4.78 is 10.1. The first-order valence-corrected chi connectivity index (χ1v) is 15.2. The number of rotatable bonds is 10. The van der Waals surface area contributed by atoms with Gasteiger partial charge >= 0.3 is 11.9 Å². The van der Waals surface area contributed by atoms with Crippen LogP contribution in [0.2, 0.25) is 10.0 Å². The molecule has 1 saturated heterocycles. The standard InChI is InChI=1S/C25H20Cl2N6O10S2/c1-8(34)41-4-9-6-44-23-17(22(38)33(23)18(9)24(39)40)30-21(37)16(14-7-45-25(28)29-14)32-42-5-10-2-13(31-43-10)11-3-12(26)19(35)20(36)15(11)27/h2-3,7,17,23,35-36H,4-6H2,1H3,(H2,28,29)(H,30,37)(H,39,40)/b32-16-/t17-,23-/m1/s1. The van der Waals surface area contributed by atoms with Crippen molar-refractivity contribution in [1.82, 2.24) is 20.4 Å². The van der Waals surface area contributed by atoms with Crippen LogP contribution in [0.4, 0.5) is 5.13 Å². The summed E-state index contributed by atoms with van der Waals surface area (Å²) in [6, 6.07) is 1.57. The molecule has 0 radical (unpaired) electrons. The maximum atomic E-state index is 13.3. The quantitative estimate of drug-likeness (QED) is 0.0671. The first-order chi connectivity index (χ1) is 21.4. The number of nitrogen functional groups attached to an aromatic ring is 1. The van der Waals surface area contributed by atoms with Gasteiger partial charge in [0.1, 0.15) is 35.1 Å². The minimum absolute atomic E-state index is 0.0453. The van der Waals surface area contributed by atoms with E-state index in [1.807, 2.05) is 0 Å². The average Bonchev–Trinajstić information content (AvgIpc) is 3.65. The van der Waals surface area contributed by atoms with Crippen LogP contribution in [-0.4, -0.2) is 83.6 Å². The van der Waals surface area contributed by atoms with Gasteiger partial charge in [-0.3, -0.25) is 19.3 Å². The summed E-state index contributed by atoms with van der Waals surface area (Å²) in [4.78, 5) is 59.9. The topological polar surface area (TPSA) is 240 Å². The molecule has 1 aromatic carbocycles. The molecule has 0 spiro atoms. The van der Waals surface area contributed by atoms with Gasteiger partial charge < -0.3 is 40.5 Å². The van der Waals surface area contributed by atoms with Crippen LogP contribution in [0.5, 0.6) is 11.5 Å². The third kappa shape index (κ3) is 6.35. The number of oxime groups is 1. The number of phenols is 2. The number of fused-ring (bicyclic) bond motifs is 1. The number of β-lactam (4-membered cyclic amide) rings is 1. The van der Waals surface area contributed by atoms with Crippen LogP contribution in [0.1, 0.15) is 18.4 Å². The zero-order valence-electron chi connectivity index (χ0n) is 22.6. The van der Waals surface area contributed by atoms with E-state index in [2.05, 4.69) is 20.6 Å². The Bertz CT molecular complexity index is 1790. The van der Waals surface area contributed by atoms with Crippen LogP contribution in [0.15, 0.2) is 38.5 Å². The second-order valence-corrected chi connectivity index (χ2v) is 12.1. The third-order valence-electron chi connectivity index (χ3n) is 6.33. The van der Waals surface area contributed by atoms with Gasteiger partial charge in [0, 0.05) is 35.3 Å². The Kier molecular flexibility index (Phi) is 9.10. The Morgan fingerprint density at radius 2 is 2.00 bits per heavy atom. The molecule has 6 N–H and O–H groups in total. The lowest BCUT2D eigenvalue weighted by Crippen LogP contribution is -2.71. The number of aliphatic carboxylic acids is 1. The normalized spacial score (nSPS) is 17.9. The number of carboxylic acid groups (broad SMARTS) is 1. The van der Waals surface area contributed by atoms with E-state index >= 15 is 0 Å². The molecule has 2 atom stereocenters. The summed E-state index contributed by atoms with van der Waals surface area (Å²) >= 11 is 14.2. The number of carbonyl (C=O) groups is 4. The number of phenolic OH excluding ortho intramolecular Hbond substituents is 2. The second kappa shape index (κ2) is 12.8. The Morgan fingerprint density at radius 3 is 2.67 bits per heavy atom. The SMILES string of the molecule is CC(=O)OCC1=C(C(=O)O)N2C(=O)[C@@H](NC(=O)/C(=N\OCc3cc(-c4cc(Cl)c(O)c(O)c4Cl)no3)c3csc(N)n3)[C@H]2SC1. The lowest BCUT2D eigenvalue weighted by Gasteiger charge is -2.49. The summed E-state index contributed by atoms with van der Waals surface area (Å²) in [5.41, 5.74) is 5.68. The fourth-order valence-corrected chi connectivity index (χ4v) is 6.57. The third-order valence-corrected chi connectivity index (χ3v) is 9.01. The van der Waals surface area contributed by atoms with Gasteiger partial charge in [0.05, 0.1) is 10.0 Å². The van der Waals surface area contributed by atoms with Crippen molar-refractivity contribution in [3.05, 3.63) is 50.3 Å². The number of anilines is 1. The van der Waals surface area contributed by atoms with Gasteiger partial charge in [0.25, 0.3) is 11.8 Å². The number of aromatic hydroxyl groups is 2. The molecular formula is C25H20Cl2N6O10S2. The number of carboxylic acids is 1. The predicted molar refractivity (Wildman–Crippen MR) is 159 cm³/mol. The number of nitrogens with zero attached hydrogens (tertiary/aromatic N) is 4. The number of amides is 2. The Balaban J connectivity index is 1.31. The van der Waals surface area contributed by atoms with Gasteiger partial charge in [-0.05, 0) is 6.07 Å². The number of hydrogen-bond donors (Lipinski definition) is 5. The van der Waals surface area contributed by atoms with Gasteiger partial charge in [-0.2, -0.15) is 0 Å². The Labute approximate surface area is 270 Å². The summed E-state index contributed by atoms with van der Waals surface area (Å²) in [5, 5.41) is 40.2. The Morgan fingerprint density at radius 1 is 1.24 bits per heavy atom. The average molecular weight is 700 g/mol. The number of ether oxygens (including phenoxy) is 1. The monoisotopic (exact) mass is 698 g/mol. The highest BCUT2D eigenvalue weighted by Crippen LogP contribution is 2.45. The van der Waals surface area contributed by atoms with Crippen LogP contribution in [-0.2, 0) is 35.4 Å². The fraction of sp³-hybridized carbons (Fsp3) is 0.240. The van der Waals surface area contributed by atoms with Crippen LogP contribution in [0.3, 0.4) is 0 Å². The van der Waals surface area contributed by atoms with E-state index in [0.717, 1.165) is 16.2 Å². The summed E-state index contributed by atoms with van der Waals surface area (Å²) in [6.07, 6.45) is 0. The highest BCUT2D eigenvalue weighted by Gasteiger charge is 2.54. The molecule has 16 nitrogen and oxygen atoms in total. The molecular weight excluding hydrogens is 679 g/mol. The van der Waals surface area contributed by atoms with E-state index in [0.29, 0.717) is 0 Å². The largest absolute Gasteiger partial charge is 0.503 e. The lowest BCUT2D eigenvalue weighted by atomic mass is 10.0. The van der Waals surface area contributed by atoms with E-state index in [-0.39, 0.29) is 73.8 Å². The molecule has 0 unspecified atom stereocenters. The number of nitrogens with one attached hydrogen (secondary N) is 1. The van der Waals surface area contributed by atoms with Crippen molar-refractivity contribution >= 4 is 80.9 Å². The number of esters is 1. The molecule has 0 bridgehead atoms. The van der Waals surface area contributed by atoms with Crippen LogP contribution < -0.4 is 11.1 Å². The zero-order chi connectivity index (χ0) is 32.6. The number of thiazole rings is 1. The van der Waals surface area contributed by atoms with Gasteiger partial charge in [0.15, 0.2) is 34.7 Å². The van der Waals surface area contributed by atoms with Crippen molar-refractivity contribution in [2.45, 2.75) is 24.9 Å². The molecule has 20 heteroatoms.